The lowest BCUT2D eigenvalue weighted by Crippen LogP contribution is -2.46. The average molecular weight is 480 g/mol. The fourth-order valence-corrected chi connectivity index (χ4v) is 4.33. The first-order valence-corrected chi connectivity index (χ1v) is 12.1. The van der Waals surface area contributed by atoms with Crippen molar-refractivity contribution in [1.82, 2.24) is 10.0 Å². The summed E-state index contributed by atoms with van der Waals surface area (Å²) in [6.07, 6.45) is 1.82. The number of amides is 2. The summed E-state index contributed by atoms with van der Waals surface area (Å²) in [6.45, 7) is 2.22. The lowest BCUT2D eigenvalue weighted by molar-refractivity contribution is -0.123. The fraction of sp³-hybridized carbons (Fsp3) is 0.364. The molecule has 8 nitrogen and oxygen atoms in total. The van der Waals surface area contributed by atoms with E-state index in [1.807, 2.05) is 19.1 Å². The van der Waals surface area contributed by atoms with Crippen molar-refractivity contribution in [2.45, 2.75) is 30.8 Å². The summed E-state index contributed by atoms with van der Waals surface area (Å²) in [5.74, 6) is -0.909. The molecule has 0 bridgehead atoms. The Bertz CT molecular complexity index is 1040. The monoisotopic (exact) mass is 479 g/mol. The molecule has 2 N–H and O–H groups in total. The summed E-state index contributed by atoms with van der Waals surface area (Å²) in [4.78, 5) is 26.7. The summed E-state index contributed by atoms with van der Waals surface area (Å²) in [5, 5.41) is 3.19. The van der Waals surface area contributed by atoms with Crippen molar-refractivity contribution in [1.29, 1.82) is 0 Å². The smallest absolute Gasteiger partial charge is 0.242 e. The van der Waals surface area contributed by atoms with Gasteiger partial charge in [-0.2, -0.15) is 0 Å². The third kappa shape index (κ3) is 6.77. The molecule has 1 fully saturated rings. The number of benzene rings is 2. The van der Waals surface area contributed by atoms with Crippen molar-refractivity contribution >= 4 is 39.1 Å². The average Bonchev–Trinajstić information content (AvgIpc) is 3.29. The number of ether oxygens (including phenoxy) is 1. The van der Waals surface area contributed by atoms with Crippen molar-refractivity contribution in [3.8, 4) is 0 Å². The SMILES string of the molecule is Cc1ccc(N(CC(=O)NC[C@@H]2CCCO2)C(=O)CNS(=O)(=O)c2ccc(Cl)cc2)cc1. The van der Waals surface area contributed by atoms with E-state index in [1.165, 1.54) is 29.2 Å². The van der Waals surface area contributed by atoms with Crippen LogP contribution in [-0.2, 0) is 24.3 Å². The van der Waals surface area contributed by atoms with Crippen LogP contribution in [0.2, 0.25) is 5.02 Å². The molecule has 3 rings (SSSR count). The van der Waals surface area contributed by atoms with Gasteiger partial charge in [-0.3, -0.25) is 9.59 Å². The largest absolute Gasteiger partial charge is 0.376 e. The van der Waals surface area contributed by atoms with Crippen molar-refractivity contribution in [3.63, 3.8) is 0 Å². The zero-order chi connectivity index (χ0) is 23.1. The van der Waals surface area contributed by atoms with E-state index < -0.39 is 22.5 Å². The van der Waals surface area contributed by atoms with Crippen molar-refractivity contribution < 1.29 is 22.7 Å². The van der Waals surface area contributed by atoms with Gasteiger partial charge >= 0.3 is 0 Å². The molecule has 1 aliphatic rings. The molecule has 1 atom stereocenters. The molecule has 0 radical (unpaired) electrons. The summed E-state index contributed by atoms with van der Waals surface area (Å²) >= 11 is 5.80. The predicted octanol–water partition coefficient (Wildman–Crippen LogP) is 2.26. The summed E-state index contributed by atoms with van der Waals surface area (Å²) < 4.78 is 32.8. The lowest BCUT2D eigenvalue weighted by Gasteiger charge is -2.23. The maximum atomic E-state index is 12.9. The van der Waals surface area contributed by atoms with Crippen LogP contribution in [0, 0.1) is 6.92 Å². The van der Waals surface area contributed by atoms with Crippen molar-refractivity contribution in [2.24, 2.45) is 0 Å². The first kappa shape index (κ1) is 24.2. The standard InChI is InChI=1S/C22H26ClN3O5S/c1-16-4-8-18(9-5-16)26(15-21(27)24-13-19-3-2-12-31-19)22(28)14-25-32(29,30)20-10-6-17(23)7-11-20/h4-11,19,25H,2-3,12-15H2,1H3,(H,24,27)/t19-/m0/s1. The van der Waals surface area contributed by atoms with Gasteiger partial charge in [0.05, 0.1) is 17.5 Å². The van der Waals surface area contributed by atoms with E-state index >= 15 is 0 Å². The van der Waals surface area contributed by atoms with Gasteiger partial charge in [0, 0.05) is 23.9 Å². The van der Waals surface area contributed by atoms with E-state index in [-0.39, 0.29) is 23.5 Å². The molecule has 1 saturated heterocycles. The second-order valence-electron chi connectivity index (χ2n) is 7.53. The first-order chi connectivity index (χ1) is 15.2. The van der Waals surface area contributed by atoms with Gasteiger partial charge in [-0.05, 0) is 56.2 Å². The summed E-state index contributed by atoms with van der Waals surface area (Å²) in [6, 6.07) is 12.7. The molecular weight excluding hydrogens is 454 g/mol. The van der Waals surface area contributed by atoms with Gasteiger partial charge < -0.3 is 15.0 Å². The number of aryl methyl sites for hydroxylation is 1. The van der Waals surface area contributed by atoms with E-state index in [4.69, 9.17) is 16.3 Å². The molecule has 0 unspecified atom stereocenters. The first-order valence-electron chi connectivity index (χ1n) is 10.3. The van der Waals surface area contributed by atoms with E-state index in [0.29, 0.717) is 23.9 Å². The minimum atomic E-state index is -3.92. The highest BCUT2D eigenvalue weighted by molar-refractivity contribution is 7.89. The zero-order valence-electron chi connectivity index (χ0n) is 17.7. The summed E-state index contributed by atoms with van der Waals surface area (Å²) in [5.41, 5.74) is 1.49. The molecule has 0 saturated carbocycles. The van der Waals surface area contributed by atoms with Crippen LogP contribution >= 0.6 is 11.6 Å². The molecule has 2 aromatic rings. The number of carbonyl (C=O) groups excluding carboxylic acids is 2. The molecule has 2 aromatic carbocycles. The number of hydrogen-bond acceptors (Lipinski definition) is 5. The Labute approximate surface area is 192 Å². The number of carbonyl (C=O) groups is 2. The van der Waals surface area contributed by atoms with Gasteiger partial charge in [-0.1, -0.05) is 29.3 Å². The van der Waals surface area contributed by atoms with Crippen LogP contribution in [0.4, 0.5) is 5.69 Å². The van der Waals surface area contributed by atoms with Gasteiger partial charge in [0.25, 0.3) is 0 Å². The van der Waals surface area contributed by atoms with Crippen LogP contribution < -0.4 is 14.9 Å². The third-order valence-corrected chi connectivity index (χ3v) is 6.71. The lowest BCUT2D eigenvalue weighted by atomic mass is 10.2. The molecule has 2 amide bonds. The predicted molar refractivity (Wildman–Crippen MR) is 122 cm³/mol. The topological polar surface area (TPSA) is 105 Å². The van der Waals surface area contributed by atoms with E-state index in [9.17, 15) is 18.0 Å². The molecule has 10 heteroatoms. The number of halogens is 1. The third-order valence-electron chi connectivity index (χ3n) is 5.04. The van der Waals surface area contributed by atoms with Crippen LogP contribution in [0.5, 0.6) is 0 Å². The summed E-state index contributed by atoms with van der Waals surface area (Å²) in [7, 11) is -3.92. The van der Waals surface area contributed by atoms with Gasteiger partial charge in [-0.15, -0.1) is 0 Å². The Balaban J connectivity index is 1.67. The fourth-order valence-electron chi connectivity index (χ4n) is 3.23. The number of nitrogens with zero attached hydrogens (tertiary/aromatic N) is 1. The van der Waals surface area contributed by atoms with Crippen LogP contribution in [0.3, 0.4) is 0 Å². The highest BCUT2D eigenvalue weighted by atomic mass is 35.5. The van der Waals surface area contributed by atoms with E-state index in [0.717, 1.165) is 18.4 Å². The Kier molecular flexibility index (Phi) is 8.25. The van der Waals surface area contributed by atoms with Gasteiger partial charge in [0.1, 0.15) is 6.54 Å². The zero-order valence-corrected chi connectivity index (χ0v) is 19.3. The molecule has 0 aliphatic carbocycles. The minimum absolute atomic E-state index is 0.00843. The Morgan fingerprint density at radius 3 is 2.44 bits per heavy atom. The normalized spacial score (nSPS) is 16.0. The molecule has 0 spiro atoms. The molecule has 172 valence electrons. The second kappa shape index (κ2) is 10.9. The number of anilines is 1. The second-order valence-corrected chi connectivity index (χ2v) is 9.74. The van der Waals surface area contributed by atoms with Gasteiger partial charge in [0.2, 0.25) is 21.8 Å². The van der Waals surface area contributed by atoms with E-state index in [2.05, 4.69) is 10.0 Å². The maximum absolute atomic E-state index is 12.9. The molecule has 0 aromatic heterocycles. The van der Waals surface area contributed by atoms with Crippen LogP contribution in [0.15, 0.2) is 53.4 Å². The van der Waals surface area contributed by atoms with Crippen LogP contribution in [-0.4, -0.2) is 52.6 Å². The van der Waals surface area contributed by atoms with Gasteiger partial charge in [0.15, 0.2) is 0 Å². The number of sulfonamides is 1. The highest BCUT2D eigenvalue weighted by Crippen LogP contribution is 2.17. The minimum Gasteiger partial charge on any atom is -0.376 e. The Hall–Kier alpha value is -2.46. The molecular formula is C22H26ClN3O5S. The van der Waals surface area contributed by atoms with Crippen molar-refractivity contribution in [3.05, 3.63) is 59.1 Å². The molecule has 1 aliphatic heterocycles. The molecule has 32 heavy (non-hydrogen) atoms. The Morgan fingerprint density at radius 2 is 1.81 bits per heavy atom. The number of hydrogen-bond donors (Lipinski definition) is 2. The van der Waals surface area contributed by atoms with Crippen LogP contribution in [0.25, 0.3) is 0 Å². The maximum Gasteiger partial charge on any atom is 0.242 e. The quantitative estimate of drug-likeness (QED) is 0.574. The van der Waals surface area contributed by atoms with Crippen molar-refractivity contribution in [2.75, 3.05) is 31.1 Å². The van der Waals surface area contributed by atoms with Gasteiger partial charge in [-0.25, -0.2) is 13.1 Å². The highest BCUT2D eigenvalue weighted by Gasteiger charge is 2.23. The van der Waals surface area contributed by atoms with Crippen LogP contribution in [0.1, 0.15) is 18.4 Å². The van der Waals surface area contributed by atoms with E-state index in [1.54, 1.807) is 12.1 Å². The number of nitrogens with one attached hydrogen (secondary N) is 2. The molecule has 1 heterocycles. The Morgan fingerprint density at radius 1 is 1.12 bits per heavy atom. The number of rotatable bonds is 9.